The molecule has 0 fully saturated rings. The van der Waals surface area contributed by atoms with Crippen molar-refractivity contribution >= 4 is 45.2 Å². The van der Waals surface area contributed by atoms with Gasteiger partial charge in [0, 0.05) is 23.9 Å². The van der Waals surface area contributed by atoms with Crippen molar-refractivity contribution in [2.75, 3.05) is 13.6 Å². The second kappa shape index (κ2) is 7.06. The van der Waals surface area contributed by atoms with Gasteiger partial charge in [-0.3, -0.25) is 9.59 Å². The summed E-state index contributed by atoms with van der Waals surface area (Å²) >= 11 is 2.97. The predicted molar refractivity (Wildman–Crippen MR) is 87.4 cm³/mol. The summed E-state index contributed by atoms with van der Waals surface area (Å²) in [4.78, 5) is 34.9. The maximum Gasteiger partial charge on any atom is 0.305 e. The van der Waals surface area contributed by atoms with Crippen molar-refractivity contribution in [3.05, 3.63) is 17.3 Å². The van der Waals surface area contributed by atoms with Crippen LogP contribution in [0.1, 0.15) is 18.2 Å². The Morgan fingerprint density at radius 3 is 2.86 bits per heavy atom. The molecule has 2 aromatic heterocycles. The van der Waals surface area contributed by atoms with Gasteiger partial charge in [-0.2, -0.15) is 0 Å². The van der Waals surface area contributed by atoms with Gasteiger partial charge in [-0.25, -0.2) is 9.97 Å². The zero-order chi connectivity index (χ0) is 16.3. The molecule has 0 saturated heterocycles. The van der Waals surface area contributed by atoms with E-state index in [0.29, 0.717) is 0 Å². The monoisotopic (exact) mass is 339 g/mol. The van der Waals surface area contributed by atoms with Crippen molar-refractivity contribution < 1.29 is 14.7 Å². The first-order chi connectivity index (χ1) is 10.4. The number of aromatic nitrogens is 2. The van der Waals surface area contributed by atoms with Crippen LogP contribution in [0.2, 0.25) is 0 Å². The van der Waals surface area contributed by atoms with Gasteiger partial charge in [-0.1, -0.05) is 11.8 Å². The molecule has 0 saturated carbocycles. The molecule has 0 aliphatic carbocycles. The zero-order valence-corrected chi connectivity index (χ0v) is 14.2. The summed E-state index contributed by atoms with van der Waals surface area (Å²) in [6.07, 6.45) is 1.45. The van der Waals surface area contributed by atoms with Crippen LogP contribution in [0.25, 0.3) is 10.2 Å². The Labute approximate surface area is 136 Å². The largest absolute Gasteiger partial charge is 0.481 e. The van der Waals surface area contributed by atoms with E-state index in [1.54, 1.807) is 25.3 Å². The van der Waals surface area contributed by atoms with Crippen LogP contribution < -0.4 is 0 Å². The lowest BCUT2D eigenvalue weighted by atomic mass is 10.3. The lowest BCUT2D eigenvalue weighted by molar-refractivity contribution is -0.138. The van der Waals surface area contributed by atoms with Crippen LogP contribution in [0.5, 0.6) is 0 Å². The smallest absolute Gasteiger partial charge is 0.305 e. The number of aryl methyl sites for hydroxylation is 1. The van der Waals surface area contributed by atoms with Gasteiger partial charge in [-0.05, 0) is 19.9 Å². The fourth-order valence-electron chi connectivity index (χ4n) is 1.95. The van der Waals surface area contributed by atoms with Crippen LogP contribution >= 0.6 is 23.1 Å². The molecule has 6 nitrogen and oxygen atoms in total. The number of carbonyl (C=O) groups excluding carboxylic acids is 1. The Kier molecular flexibility index (Phi) is 5.36. The standard InChI is InChI=1S/C14H17N3O3S2/c1-8-6-10-12(21-8)15-7-16-13(10)22-9(2)14(20)17(3)5-4-11(18)19/h6-7,9H,4-5H2,1-3H3,(H,18,19). The third-order valence-electron chi connectivity index (χ3n) is 3.09. The summed E-state index contributed by atoms with van der Waals surface area (Å²) in [5.41, 5.74) is 0. The van der Waals surface area contributed by atoms with Gasteiger partial charge in [0.25, 0.3) is 0 Å². The first-order valence-corrected chi connectivity index (χ1v) is 8.42. The number of nitrogens with zero attached hydrogens (tertiary/aromatic N) is 3. The molecule has 0 aromatic carbocycles. The Bertz CT molecular complexity index is 702. The van der Waals surface area contributed by atoms with Crippen molar-refractivity contribution in [1.29, 1.82) is 0 Å². The summed E-state index contributed by atoms with van der Waals surface area (Å²) in [7, 11) is 1.62. The lowest BCUT2D eigenvalue weighted by Gasteiger charge is -2.20. The summed E-state index contributed by atoms with van der Waals surface area (Å²) < 4.78 is 0. The van der Waals surface area contributed by atoms with E-state index in [-0.39, 0.29) is 24.1 Å². The number of amides is 1. The minimum absolute atomic E-state index is 0.0545. The fraction of sp³-hybridized carbons (Fsp3) is 0.429. The number of rotatable bonds is 6. The topological polar surface area (TPSA) is 83.4 Å². The number of carboxylic acids is 1. The summed E-state index contributed by atoms with van der Waals surface area (Å²) in [6, 6.07) is 2.02. The van der Waals surface area contributed by atoms with E-state index in [4.69, 9.17) is 5.11 Å². The molecule has 2 heterocycles. The molecule has 118 valence electrons. The first kappa shape index (κ1) is 16.7. The average molecular weight is 339 g/mol. The third kappa shape index (κ3) is 3.95. The van der Waals surface area contributed by atoms with E-state index in [1.165, 1.54) is 23.0 Å². The van der Waals surface area contributed by atoms with Crippen LogP contribution in [-0.2, 0) is 9.59 Å². The highest BCUT2D eigenvalue weighted by Gasteiger charge is 2.21. The minimum atomic E-state index is -0.911. The number of fused-ring (bicyclic) bond motifs is 1. The Morgan fingerprint density at radius 1 is 1.45 bits per heavy atom. The second-order valence-corrected chi connectivity index (χ2v) is 7.48. The number of hydrogen-bond donors (Lipinski definition) is 1. The van der Waals surface area contributed by atoms with E-state index < -0.39 is 5.97 Å². The van der Waals surface area contributed by atoms with E-state index in [0.717, 1.165) is 20.1 Å². The van der Waals surface area contributed by atoms with Gasteiger partial charge < -0.3 is 10.0 Å². The van der Waals surface area contributed by atoms with E-state index >= 15 is 0 Å². The summed E-state index contributed by atoms with van der Waals surface area (Å²) in [5.74, 6) is -1.02. The Morgan fingerprint density at radius 2 is 2.18 bits per heavy atom. The molecule has 0 radical (unpaired) electrons. The summed E-state index contributed by atoms with van der Waals surface area (Å²) in [5, 5.41) is 10.1. The SMILES string of the molecule is Cc1cc2c(SC(C)C(=O)N(C)CCC(=O)O)ncnc2s1. The van der Waals surface area contributed by atoms with Crippen molar-refractivity contribution in [1.82, 2.24) is 14.9 Å². The number of carbonyl (C=O) groups is 2. The molecule has 0 aliphatic rings. The second-order valence-electron chi connectivity index (χ2n) is 4.92. The fourth-order valence-corrected chi connectivity index (χ4v) is 3.87. The van der Waals surface area contributed by atoms with Crippen LogP contribution in [0, 0.1) is 6.92 Å². The van der Waals surface area contributed by atoms with Crippen molar-refractivity contribution in [2.45, 2.75) is 30.5 Å². The van der Waals surface area contributed by atoms with Crippen molar-refractivity contribution in [2.24, 2.45) is 0 Å². The van der Waals surface area contributed by atoms with Gasteiger partial charge in [0.2, 0.25) is 5.91 Å². The Balaban J connectivity index is 2.08. The van der Waals surface area contributed by atoms with Gasteiger partial charge in [0.15, 0.2) is 0 Å². The van der Waals surface area contributed by atoms with Crippen LogP contribution in [0.15, 0.2) is 17.4 Å². The van der Waals surface area contributed by atoms with Gasteiger partial charge in [0.1, 0.15) is 16.2 Å². The molecule has 8 heteroatoms. The quantitative estimate of drug-likeness (QED) is 0.643. The van der Waals surface area contributed by atoms with E-state index in [2.05, 4.69) is 9.97 Å². The predicted octanol–water partition coefficient (Wildman–Crippen LogP) is 2.41. The zero-order valence-electron chi connectivity index (χ0n) is 12.6. The molecule has 0 spiro atoms. The molecular weight excluding hydrogens is 322 g/mol. The molecule has 2 aromatic rings. The van der Waals surface area contributed by atoms with Crippen molar-refractivity contribution in [3.63, 3.8) is 0 Å². The number of hydrogen-bond acceptors (Lipinski definition) is 6. The van der Waals surface area contributed by atoms with E-state index in [1.807, 2.05) is 13.0 Å². The number of carboxylic acid groups (broad SMARTS) is 1. The lowest BCUT2D eigenvalue weighted by Crippen LogP contribution is -2.34. The number of aliphatic carboxylic acids is 1. The number of thiophene rings is 1. The molecule has 1 atom stereocenters. The summed E-state index contributed by atoms with van der Waals surface area (Å²) in [6.45, 7) is 4.02. The van der Waals surface area contributed by atoms with Crippen LogP contribution in [0.3, 0.4) is 0 Å². The maximum atomic E-state index is 12.3. The van der Waals surface area contributed by atoms with Crippen molar-refractivity contribution in [3.8, 4) is 0 Å². The Hall–Kier alpha value is -1.67. The highest BCUT2D eigenvalue weighted by atomic mass is 32.2. The highest BCUT2D eigenvalue weighted by molar-refractivity contribution is 8.00. The molecule has 1 amide bonds. The molecule has 22 heavy (non-hydrogen) atoms. The third-order valence-corrected chi connectivity index (χ3v) is 5.15. The van der Waals surface area contributed by atoms with Gasteiger partial charge in [-0.15, -0.1) is 11.3 Å². The molecule has 1 unspecified atom stereocenters. The van der Waals surface area contributed by atoms with Crippen LogP contribution in [0.4, 0.5) is 0 Å². The highest BCUT2D eigenvalue weighted by Crippen LogP contribution is 2.32. The number of thioether (sulfide) groups is 1. The molecule has 1 N–H and O–H groups in total. The van der Waals surface area contributed by atoms with Gasteiger partial charge >= 0.3 is 5.97 Å². The average Bonchev–Trinajstić information content (AvgIpc) is 2.85. The molecule has 0 bridgehead atoms. The normalized spacial score (nSPS) is 12.3. The molecular formula is C14H17N3O3S2. The van der Waals surface area contributed by atoms with Gasteiger partial charge in [0.05, 0.1) is 11.7 Å². The van der Waals surface area contributed by atoms with Crippen LogP contribution in [-0.4, -0.2) is 50.7 Å². The minimum Gasteiger partial charge on any atom is -0.481 e. The maximum absolute atomic E-state index is 12.3. The molecule has 0 aliphatic heterocycles. The molecule has 2 rings (SSSR count). The first-order valence-electron chi connectivity index (χ1n) is 6.73. The van der Waals surface area contributed by atoms with E-state index in [9.17, 15) is 9.59 Å².